The van der Waals surface area contributed by atoms with E-state index in [1.54, 1.807) is 13.0 Å². The molecular weight excluding hydrogens is 272 g/mol. The highest BCUT2D eigenvalue weighted by Crippen LogP contribution is 2.32. The maximum Gasteiger partial charge on any atom is 0.311 e. The minimum atomic E-state index is -0.666. The molecule has 0 aliphatic heterocycles. The summed E-state index contributed by atoms with van der Waals surface area (Å²) in [7, 11) is 0. The first-order chi connectivity index (χ1) is 9.90. The van der Waals surface area contributed by atoms with Crippen molar-refractivity contribution in [1.82, 2.24) is 0 Å². The van der Waals surface area contributed by atoms with E-state index in [0.717, 1.165) is 5.56 Å². The van der Waals surface area contributed by atoms with Crippen LogP contribution in [-0.2, 0) is 0 Å². The van der Waals surface area contributed by atoms with Gasteiger partial charge in [-0.25, -0.2) is 0 Å². The molecule has 0 heterocycles. The third-order valence-corrected chi connectivity index (χ3v) is 3.01. The Morgan fingerprint density at radius 2 is 1.90 bits per heavy atom. The van der Waals surface area contributed by atoms with Crippen LogP contribution in [0.5, 0.6) is 11.5 Å². The second-order valence-corrected chi connectivity index (χ2v) is 4.68. The summed E-state index contributed by atoms with van der Waals surface area (Å²) in [6, 6.07) is 7.68. The molecule has 6 heteroatoms. The number of benzene rings is 2. The van der Waals surface area contributed by atoms with Gasteiger partial charge in [-0.2, -0.15) is 0 Å². The van der Waals surface area contributed by atoms with Gasteiger partial charge in [-0.15, -0.1) is 0 Å². The van der Waals surface area contributed by atoms with Gasteiger partial charge in [0.25, 0.3) is 0 Å². The minimum absolute atomic E-state index is 0.0433. The average molecular weight is 286 g/mol. The van der Waals surface area contributed by atoms with E-state index < -0.39 is 10.7 Å². The molecule has 2 N–H and O–H groups in total. The molecule has 2 rings (SSSR count). The second kappa shape index (κ2) is 5.62. The van der Waals surface area contributed by atoms with Crippen molar-refractivity contribution in [2.75, 3.05) is 0 Å². The lowest BCUT2D eigenvalue weighted by Crippen LogP contribution is -1.91. The van der Waals surface area contributed by atoms with Gasteiger partial charge in [0.2, 0.25) is 5.75 Å². The van der Waals surface area contributed by atoms with Crippen molar-refractivity contribution >= 4 is 17.6 Å². The molecule has 2 aromatic rings. The molecule has 0 atom stereocenters. The zero-order valence-corrected chi connectivity index (χ0v) is 11.6. The van der Waals surface area contributed by atoms with Gasteiger partial charge in [0.1, 0.15) is 11.4 Å². The summed E-state index contributed by atoms with van der Waals surface area (Å²) < 4.78 is 0. The van der Waals surface area contributed by atoms with Crippen LogP contribution in [0.15, 0.2) is 35.3 Å². The van der Waals surface area contributed by atoms with Crippen LogP contribution in [0.2, 0.25) is 0 Å². The van der Waals surface area contributed by atoms with E-state index in [1.165, 1.54) is 24.4 Å². The highest BCUT2D eigenvalue weighted by molar-refractivity contribution is 5.88. The van der Waals surface area contributed by atoms with Crippen molar-refractivity contribution in [1.29, 1.82) is 0 Å². The van der Waals surface area contributed by atoms with Gasteiger partial charge in [0.15, 0.2) is 0 Å². The fourth-order valence-corrected chi connectivity index (χ4v) is 1.98. The number of rotatable bonds is 3. The Hall–Kier alpha value is -2.89. The van der Waals surface area contributed by atoms with Gasteiger partial charge >= 0.3 is 5.69 Å². The summed E-state index contributed by atoms with van der Waals surface area (Å²) in [4.78, 5) is 14.2. The van der Waals surface area contributed by atoms with Crippen LogP contribution in [0.1, 0.15) is 16.7 Å². The van der Waals surface area contributed by atoms with Crippen LogP contribution >= 0.6 is 0 Å². The van der Waals surface area contributed by atoms with Crippen LogP contribution in [-0.4, -0.2) is 21.4 Å². The molecule has 0 aliphatic carbocycles. The summed E-state index contributed by atoms with van der Waals surface area (Å²) in [5.41, 5.74) is 1.79. The second-order valence-electron chi connectivity index (χ2n) is 4.68. The summed E-state index contributed by atoms with van der Waals surface area (Å²) >= 11 is 0. The predicted molar refractivity (Wildman–Crippen MR) is 79.6 cm³/mol. The number of aryl methyl sites for hydroxylation is 2. The number of hydrogen-bond acceptors (Lipinski definition) is 5. The van der Waals surface area contributed by atoms with Gasteiger partial charge < -0.3 is 10.2 Å². The van der Waals surface area contributed by atoms with Gasteiger partial charge in [0.05, 0.1) is 4.92 Å². The Morgan fingerprint density at radius 1 is 1.19 bits per heavy atom. The zero-order chi connectivity index (χ0) is 15.6. The van der Waals surface area contributed by atoms with E-state index in [1.807, 2.05) is 13.0 Å². The smallest absolute Gasteiger partial charge is 0.311 e. The molecule has 0 spiro atoms. The number of para-hydroxylation sites is 1. The molecule has 0 bridgehead atoms. The van der Waals surface area contributed by atoms with Gasteiger partial charge in [0, 0.05) is 17.8 Å². The first-order valence-corrected chi connectivity index (χ1v) is 6.21. The average Bonchev–Trinajstić information content (AvgIpc) is 2.42. The van der Waals surface area contributed by atoms with Crippen molar-refractivity contribution in [3.8, 4) is 11.5 Å². The van der Waals surface area contributed by atoms with Crippen molar-refractivity contribution in [3.05, 3.63) is 57.1 Å². The number of nitrogens with zero attached hydrogens (tertiary/aromatic N) is 2. The lowest BCUT2D eigenvalue weighted by Gasteiger charge is -2.05. The number of aliphatic imine (C=N–C) groups is 1. The lowest BCUT2D eigenvalue weighted by atomic mass is 10.1. The van der Waals surface area contributed by atoms with Crippen LogP contribution in [0.25, 0.3) is 0 Å². The Bertz CT molecular complexity index is 739. The summed E-state index contributed by atoms with van der Waals surface area (Å²) in [5, 5.41) is 30.5. The molecule has 0 aliphatic rings. The van der Waals surface area contributed by atoms with E-state index >= 15 is 0 Å². The molecule has 21 heavy (non-hydrogen) atoms. The first-order valence-electron chi connectivity index (χ1n) is 6.21. The molecule has 0 radical (unpaired) electrons. The van der Waals surface area contributed by atoms with Crippen LogP contribution in [0.4, 0.5) is 11.4 Å². The highest BCUT2D eigenvalue weighted by Gasteiger charge is 2.15. The Labute approximate surface area is 121 Å². The number of phenolic OH excluding ortho intramolecular Hbond substituents is 2. The van der Waals surface area contributed by atoms with E-state index in [2.05, 4.69) is 4.99 Å². The topological polar surface area (TPSA) is 96.0 Å². The maximum atomic E-state index is 10.8. The third kappa shape index (κ3) is 3.00. The number of hydrogen-bond donors (Lipinski definition) is 2. The molecular formula is C15H14N2O4. The van der Waals surface area contributed by atoms with E-state index in [4.69, 9.17) is 0 Å². The lowest BCUT2D eigenvalue weighted by molar-refractivity contribution is -0.385. The summed E-state index contributed by atoms with van der Waals surface area (Å²) in [6.07, 6.45) is 1.29. The van der Waals surface area contributed by atoms with E-state index in [9.17, 15) is 20.3 Å². The van der Waals surface area contributed by atoms with Gasteiger partial charge in [-0.1, -0.05) is 12.1 Å². The zero-order valence-electron chi connectivity index (χ0n) is 11.6. The summed E-state index contributed by atoms with van der Waals surface area (Å²) in [5.74, 6) is -0.406. The van der Waals surface area contributed by atoms with Crippen molar-refractivity contribution in [3.63, 3.8) is 0 Å². The first kappa shape index (κ1) is 14.5. The Morgan fingerprint density at radius 3 is 2.57 bits per heavy atom. The Kier molecular flexibility index (Phi) is 3.89. The molecule has 0 amide bonds. The van der Waals surface area contributed by atoms with E-state index in [-0.39, 0.29) is 17.0 Å². The SMILES string of the molecule is Cc1cc(C)c(O)c(N=Cc2cccc([N+](=O)[O-])c2O)c1. The van der Waals surface area contributed by atoms with Gasteiger partial charge in [-0.3, -0.25) is 15.1 Å². The molecule has 0 fully saturated rings. The fraction of sp³-hybridized carbons (Fsp3) is 0.133. The third-order valence-electron chi connectivity index (χ3n) is 3.01. The molecule has 6 nitrogen and oxygen atoms in total. The van der Waals surface area contributed by atoms with Crippen LogP contribution in [0, 0.1) is 24.0 Å². The molecule has 2 aromatic carbocycles. The quantitative estimate of drug-likeness (QED) is 0.513. The number of aromatic hydroxyl groups is 2. The minimum Gasteiger partial charge on any atom is -0.505 e. The number of nitro groups is 1. The molecule has 0 saturated carbocycles. The van der Waals surface area contributed by atoms with E-state index in [0.29, 0.717) is 11.3 Å². The monoisotopic (exact) mass is 286 g/mol. The maximum absolute atomic E-state index is 10.8. The number of nitro benzene ring substituents is 1. The Balaban J connectivity index is 2.43. The van der Waals surface area contributed by atoms with Crippen LogP contribution in [0.3, 0.4) is 0 Å². The molecule has 0 unspecified atom stereocenters. The van der Waals surface area contributed by atoms with Crippen molar-refractivity contribution < 1.29 is 15.1 Å². The predicted octanol–water partition coefficient (Wildman–Crippen LogP) is 3.37. The van der Waals surface area contributed by atoms with Crippen LogP contribution < -0.4 is 0 Å². The van der Waals surface area contributed by atoms with Crippen molar-refractivity contribution in [2.45, 2.75) is 13.8 Å². The molecule has 0 aromatic heterocycles. The molecule has 0 saturated heterocycles. The van der Waals surface area contributed by atoms with Gasteiger partial charge in [-0.05, 0) is 37.1 Å². The normalized spacial score (nSPS) is 11.0. The number of phenols is 2. The summed E-state index contributed by atoms with van der Waals surface area (Å²) in [6.45, 7) is 3.63. The standard InChI is InChI=1S/C15H14N2O4/c1-9-6-10(2)14(18)12(7-9)16-8-11-4-3-5-13(15(11)19)17(20)21/h3-8,18-19H,1-2H3. The van der Waals surface area contributed by atoms with Crippen molar-refractivity contribution in [2.24, 2.45) is 4.99 Å². The molecule has 108 valence electrons. The highest BCUT2D eigenvalue weighted by atomic mass is 16.6. The fourth-order valence-electron chi connectivity index (χ4n) is 1.98. The largest absolute Gasteiger partial charge is 0.505 e.